The topological polar surface area (TPSA) is 89.5 Å². The van der Waals surface area contributed by atoms with Gasteiger partial charge in [0.2, 0.25) is 0 Å². The van der Waals surface area contributed by atoms with Crippen LogP contribution in [0.1, 0.15) is 233 Å². The van der Waals surface area contributed by atoms with Crippen molar-refractivity contribution in [2.45, 2.75) is 233 Å². The van der Waals surface area contributed by atoms with Crippen LogP contribution < -0.4 is 0 Å². The molecule has 0 aromatic rings. The van der Waals surface area contributed by atoms with E-state index in [0.29, 0.717) is 0 Å². The third kappa shape index (κ3) is 33.9. The molecule has 0 aliphatic heterocycles. The minimum absolute atomic E-state index is 0.180. The number of hydrogen-bond donors (Lipinski definition) is 0. The van der Waals surface area contributed by atoms with E-state index in [1.165, 1.54) is 154 Å². The van der Waals surface area contributed by atoms with E-state index in [1.54, 1.807) is 13.8 Å². The van der Waals surface area contributed by atoms with Gasteiger partial charge in [0.25, 0.3) is 0 Å². The van der Waals surface area contributed by atoms with Crippen LogP contribution in [0.3, 0.4) is 0 Å². The van der Waals surface area contributed by atoms with Crippen molar-refractivity contribution in [1.82, 2.24) is 0 Å². The van der Waals surface area contributed by atoms with Crippen molar-refractivity contribution in [3.05, 3.63) is 0 Å². The van der Waals surface area contributed by atoms with E-state index < -0.39 is 21.0 Å². The Morgan fingerprint density at radius 3 is 0.796 bits per heavy atom. The summed E-state index contributed by atoms with van der Waals surface area (Å²) in [5.41, 5.74) is 0. The van der Waals surface area contributed by atoms with Gasteiger partial charge in [0.1, 0.15) is 0 Å². The van der Waals surface area contributed by atoms with E-state index in [4.69, 9.17) is 27.8 Å². The van der Waals surface area contributed by atoms with E-state index in [9.17, 15) is 9.59 Å². The zero-order chi connectivity index (χ0) is 35.9. The molecule has 0 spiro atoms. The van der Waals surface area contributed by atoms with Crippen molar-refractivity contribution in [1.29, 1.82) is 0 Å². The number of carbonyl (C=O) groups is 2. The second kappa shape index (κ2) is 38.2. The van der Waals surface area contributed by atoms with Crippen LogP contribution in [0.2, 0.25) is 0 Å². The van der Waals surface area contributed by atoms with Gasteiger partial charge in [-0.25, -0.2) is 9.59 Å². The molecule has 9 heteroatoms. The van der Waals surface area contributed by atoms with Gasteiger partial charge in [-0.2, -0.15) is 0 Å². The highest BCUT2D eigenvalue weighted by Crippen LogP contribution is 2.18. The summed E-state index contributed by atoms with van der Waals surface area (Å²) in [7, 11) is -3.99. The van der Waals surface area contributed by atoms with E-state index in [2.05, 4.69) is 13.8 Å². The molecule has 0 saturated carbocycles. The first kappa shape index (κ1) is 48.0. The third-order valence-corrected chi connectivity index (χ3v) is 10.9. The molecule has 0 N–H and O–H groups in total. The second-order valence-electron chi connectivity index (χ2n) is 13.8. The molecule has 0 aromatic carbocycles. The summed E-state index contributed by atoms with van der Waals surface area (Å²) in [5, 5.41) is 0. The molecule has 0 amide bonds. The number of rotatable bonds is 40. The summed E-state index contributed by atoms with van der Waals surface area (Å²) >= 11 is 0. The molecule has 0 rings (SSSR count). The Hall–Kier alpha value is -1.00. The number of hydrogen-bond acceptors (Lipinski definition) is 8. The highest BCUT2D eigenvalue weighted by Gasteiger charge is 2.52. The summed E-state index contributed by atoms with van der Waals surface area (Å²) in [6, 6.07) is 0. The van der Waals surface area contributed by atoms with Crippen molar-refractivity contribution >= 4 is 21.0 Å². The van der Waals surface area contributed by atoms with E-state index in [1.807, 2.05) is 0 Å². The summed E-state index contributed by atoms with van der Waals surface area (Å²) in [5.74, 6) is -1.03. The predicted molar refractivity (Wildman–Crippen MR) is 202 cm³/mol. The van der Waals surface area contributed by atoms with Crippen LogP contribution >= 0.6 is 0 Å². The molecule has 8 nitrogen and oxygen atoms in total. The van der Waals surface area contributed by atoms with Crippen LogP contribution in [0.4, 0.5) is 0 Å². The predicted octanol–water partition coefficient (Wildman–Crippen LogP) is 13.0. The van der Waals surface area contributed by atoms with Crippen LogP contribution in [0, 0.1) is 0 Å². The molecule has 0 heterocycles. The molecule has 292 valence electrons. The first-order chi connectivity index (χ1) is 24.0. The van der Waals surface area contributed by atoms with E-state index >= 15 is 0 Å². The maximum atomic E-state index is 12.3. The van der Waals surface area contributed by atoms with Gasteiger partial charge >= 0.3 is 21.0 Å². The Labute approximate surface area is 304 Å². The molecule has 0 aromatic heterocycles. The number of carbonyl (C=O) groups excluding carboxylic acids is 2. The average Bonchev–Trinajstić information content (AvgIpc) is 3.10. The molecule has 0 aliphatic rings. The van der Waals surface area contributed by atoms with Crippen molar-refractivity contribution in [3.8, 4) is 0 Å². The van der Waals surface area contributed by atoms with Crippen molar-refractivity contribution in [2.24, 2.45) is 0 Å². The summed E-state index contributed by atoms with van der Waals surface area (Å²) in [4.78, 5) is 34.7. The smallest absolute Gasteiger partial charge is 0.348 e. The van der Waals surface area contributed by atoms with Gasteiger partial charge in [-0.05, 0) is 26.7 Å². The van der Waals surface area contributed by atoms with Gasteiger partial charge in [-0.1, -0.05) is 194 Å². The first-order valence-corrected chi connectivity index (χ1v) is 22.7. The molecule has 49 heavy (non-hydrogen) atoms. The lowest BCUT2D eigenvalue weighted by Gasteiger charge is -2.23. The zero-order valence-electron chi connectivity index (χ0n) is 32.8. The van der Waals surface area contributed by atoms with Crippen molar-refractivity contribution < 1.29 is 37.4 Å². The molecule has 0 aliphatic carbocycles. The summed E-state index contributed by atoms with van der Waals surface area (Å²) in [6.45, 7) is 8.37. The van der Waals surface area contributed by atoms with Gasteiger partial charge in [-0.15, -0.1) is 9.15 Å². The SMILES string of the molecule is CCCCCCCCCCCCCCCCCC(=O)OO[Si](OCC)(OCC)OOC(=O)CCCCCCCCCCCCCCCCC. The van der Waals surface area contributed by atoms with Crippen LogP contribution in [-0.4, -0.2) is 34.2 Å². The van der Waals surface area contributed by atoms with Gasteiger partial charge in [-0.3, -0.25) is 0 Å². The van der Waals surface area contributed by atoms with Gasteiger partial charge in [0.05, 0.1) is 0 Å². The Bertz CT molecular complexity index is 650. The number of unbranched alkanes of at least 4 members (excludes halogenated alkanes) is 28. The molecular formula is C40H80O8Si. The lowest BCUT2D eigenvalue weighted by molar-refractivity contribution is -0.312. The second-order valence-corrected chi connectivity index (χ2v) is 15.8. The maximum Gasteiger partial charge on any atom is 0.755 e. The molecule has 0 unspecified atom stereocenters. The minimum Gasteiger partial charge on any atom is -0.348 e. The Morgan fingerprint density at radius 1 is 0.347 bits per heavy atom. The zero-order valence-corrected chi connectivity index (χ0v) is 33.8. The normalized spacial score (nSPS) is 11.7. The van der Waals surface area contributed by atoms with Crippen LogP contribution in [0.5, 0.6) is 0 Å². The molecule has 0 atom stereocenters. The highest BCUT2D eigenvalue weighted by atomic mass is 28.4. The van der Waals surface area contributed by atoms with Gasteiger partial charge in [0, 0.05) is 26.1 Å². The fraction of sp³-hybridized carbons (Fsp3) is 0.950. The maximum absolute atomic E-state index is 12.3. The van der Waals surface area contributed by atoms with Crippen molar-refractivity contribution in [2.75, 3.05) is 13.2 Å². The quantitative estimate of drug-likeness (QED) is 0.0268. The molecule has 0 bridgehead atoms. The largest absolute Gasteiger partial charge is 0.755 e. The van der Waals surface area contributed by atoms with E-state index in [-0.39, 0.29) is 26.1 Å². The standard InChI is InChI=1S/C40H80O8Si/c1-5-9-11-13-15-17-19-21-23-25-27-29-31-33-35-37-39(41)45-47-49(43-7-3,44-8-4)48-46-40(42)38-36-34-32-30-28-26-24-22-20-18-16-14-12-10-6-2/h5-38H2,1-4H3. The lowest BCUT2D eigenvalue weighted by atomic mass is 10.0. The van der Waals surface area contributed by atoms with Gasteiger partial charge < -0.3 is 18.6 Å². The Morgan fingerprint density at radius 2 is 0.571 bits per heavy atom. The highest BCUT2D eigenvalue weighted by molar-refractivity contribution is 6.53. The average molecular weight is 717 g/mol. The molecular weight excluding hydrogens is 637 g/mol. The summed E-state index contributed by atoms with van der Waals surface area (Å²) < 4.78 is 21.6. The fourth-order valence-electron chi connectivity index (χ4n) is 6.06. The van der Waals surface area contributed by atoms with Crippen LogP contribution in [0.15, 0.2) is 0 Å². The minimum atomic E-state index is -3.99. The fourth-order valence-corrected chi connectivity index (χ4v) is 7.47. The molecule has 0 radical (unpaired) electrons. The molecule has 0 saturated heterocycles. The van der Waals surface area contributed by atoms with Crippen LogP contribution in [-0.2, 0) is 37.4 Å². The van der Waals surface area contributed by atoms with Crippen LogP contribution in [0.25, 0.3) is 0 Å². The summed E-state index contributed by atoms with van der Waals surface area (Å²) in [6.07, 6.45) is 38.3. The lowest BCUT2D eigenvalue weighted by Crippen LogP contribution is -2.50. The molecule has 0 fully saturated rings. The third-order valence-electron chi connectivity index (χ3n) is 9.08. The van der Waals surface area contributed by atoms with Gasteiger partial charge in [0.15, 0.2) is 0 Å². The first-order valence-electron chi connectivity index (χ1n) is 21.1. The van der Waals surface area contributed by atoms with E-state index in [0.717, 1.165) is 38.5 Å². The van der Waals surface area contributed by atoms with Crippen molar-refractivity contribution in [3.63, 3.8) is 0 Å². The monoisotopic (exact) mass is 717 g/mol. The Kier molecular flexibility index (Phi) is 37.5. The Balaban J connectivity index is 3.93.